The predicted octanol–water partition coefficient (Wildman–Crippen LogP) is 2.43. The molecule has 0 aliphatic carbocycles. The highest BCUT2D eigenvalue weighted by molar-refractivity contribution is 5.72. The number of hydrogen-bond donors (Lipinski definition) is 0. The van der Waals surface area contributed by atoms with Crippen molar-refractivity contribution in [2.75, 3.05) is 7.11 Å². The lowest BCUT2D eigenvalue weighted by Gasteiger charge is -2.12. The summed E-state index contributed by atoms with van der Waals surface area (Å²) in [6, 6.07) is 17.0. The van der Waals surface area contributed by atoms with Crippen LogP contribution in [-0.4, -0.2) is 25.8 Å². The highest BCUT2D eigenvalue weighted by Crippen LogP contribution is 2.18. The number of hydrogen-bond acceptors (Lipinski definition) is 4. The summed E-state index contributed by atoms with van der Waals surface area (Å²) in [5.41, 5.74) is 1.62. The van der Waals surface area contributed by atoms with Gasteiger partial charge in [-0.2, -0.15) is 0 Å². The summed E-state index contributed by atoms with van der Waals surface area (Å²) in [5, 5.41) is 0. The highest BCUT2D eigenvalue weighted by atomic mass is 16.5. The second-order valence-electron chi connectivity index (χ2n) is 6.40. The second-order valence-corrected chi connectivity index (χ2v) is 6.40. The Morgan fingerprint density at radius 1 is 1.04 bits per heavy atom. The van der Waals surface area contributed by atoms with Gasteiger partial charge in [-0.05, 0) is 24.6 Å². The van der Waals surface area contributed by atoms with E-state index in [9.17, 15) is 9.59 Å². The van der Waals surface area contributed by atoms with E-state index in [1.165, 1.54) is 9.13 Å². The molecule has 2 heterocycles. The largest absolute Gasteiger partial charge is 0.497 e. The summed E-state index contributed by atoms with van der Waals surface area (Å²) in [6.45, 7) is 2.54. The van der Waals surface area contributed by atoms with Gasteiger partial charge in [0.15, 0.2) is 11.2 Å². The molecular formula is C21H20N4O3. The van der Waals surface area contributed by atoms with Gasteiger partial charge in [-0.3, -0.25) is 9.36 Å². The van der Waals surface area contributed by atoms with Gasteiger partial charge in [0.25, 0.3) is 5.56 Å². The van der Waals surface area contributed by atoms with Crippen molar-refractivity contribution in [2.24, 2.45) is 0 Å². The molecule has 0 atom stereocenters. The van der Waals surface area contributed by atoms with E-state index in [1.807, 2.05) is 30.3 Å². The Morgan fingerprint density at radius 3 is 2.54 bits per heavy atom. The molecule has 4 aromatic rings. The first-order valence-corrected chi connectivity index (χ1v) is 9.03. The van der Waals surface area contributed by atoms with E-state index in [2.05, 4.69) is 4.98 Å². The summed E-state index contributed by atoms with van der Waals surface area (Å²) in [5.74, 6) is 0.621. The zero-order valence-electron chi connectivity index (χ0n) is 15.7. The van der Waals surface area contributed by atoms with Crippen LogP contribution in [0, 0.1) is 0 Å². The molecule has 0 saturated carbocycles. The monoisotopic (exact) mass is 376 g/mol. The molecule has 0 N–H and O–H groups in total. The van der Waals surface area contributed by atoms with E-state index in [0.29, 0.717) is 29.1 Å². The van der Waals surface area contributed by atoms with Crippen molar-refractivity contribution in [1.29, 1.82) is 0 Å². The van der Waals surface area contributed by atoms with E-state index < -0.39 is 5.69 Å². The van der Waals surface area contributed by atoms with Gasteiger partial charge in [-0.1, -0.05) is 36.4 Å². The molecule has 0 bridgehead atoms. The zero-order valence-corrected chi connectivity index (χ0v) is 15.7. The maximum atomic E-state index is 13.0. The Morgan fingerprint density at radius 2 is 1.82 bits per heavy atom. The number of nitrogens with zero attached hydrogens (tertiary/aromatic N) is 4. The van der Waals surface area contributed by atoms with Gasteiger partial charge >= 0.3 is 5.69 Å². The molecule has 2 aromatic heterocycles. The maximum absolute atomic E-state index is 13.0. The summed E-state index contributed by atoms with van der Waals surface area (Å²) in [7, 11) is 1.57. The summed E-state index contributed by atoms with van der Waals surface area (Å²) in [4.78, 5) is 30.5. The molecule has 28 heavy (non-hydrogen) atoms. The minimum atomic E-state index is -0.418. The lowest BCUT2D eigenvalue weighted by atomic mass is 10.2. The standard InChI is InChI=1S/C21H20N4O3/c1-3-24-20(26)18-19(22-14-23(18)13-15-8-5-4-6-9-15)25(21(24)27)16-10-7-11-17(12-16)28-2/h4-12,14H,3,13H2,1-2H3. The average Bonchev–Trinajstić information content (AvgIpc) is 3.13. The maximum Gasteiger partial charge on any atom is 0.337 e. The molecule has 0 unspecified atom stereocenters. The van der Waals surface area contributed by atoms with E-state index in [-0.39, 0.29) is 12.1 Å². The fourth-order valence-electron chi connectivity index (χ4n) is 3.34. The summed E-state index contributed by atoms with van der Waals surface area (Å²) < 4.78 is 9.76. The fraction of sp³-hybridized carbons (Fsp3) is 0.190. The lowest BCUT2D eigenvalue weighted by molar-refractivity contribution is 0.414. The number of methoxy groups -OCH3 is 1. The van der Waals surface area contributed by atoms with Crippen molar-refractivity contribution in [3.63, 3.8) is 0 Å². The first kappa shape index (κ1) is 17.8. The number of benzene rings is 2. The van der Waals surface area contributed by atoms with Crippen molar-refractivity contribution in [2.45, 2.75) is 20.0 Å². The SMILES string of the molecule is CCn1c(=O)c2c(ncn2Cc2ccccc2)n(-c2cccc(OC)c2)c1=O. The van der Waals surface area contributed by atoms with Crippen LogP contribution in [-0.2, 0) is 13.1 Å². The van der Waals surface area contributed by atoms with Gasteiger partial charge in [0.1, 0.15) is 5.75 Å². The molecule has 0 saturated heterocycles. The Hall–Kier alpha value is -3.61. The number of ether oxygens (including phenoxy) is 1. The normalized spacial score (nSPS) is 11.1. The molecule has 2 aromatic carbocycles. The molecule has 0 aliphatic rings. The molecule has 0 aliphatic heterocycles. The zero-order chi connectivity index (χ0) is 19.7. The van der Waals surface area contributed by atoms with Crippen LogP contribution in [0.2, 0.25) is 0 Å². The van der Waals surface area contributed by atoms with Crippen LogP contribution < -0.4 is 16.0 Å². The third-order valence-corrected chi connectivity index (χ3v) is 4.72. The van der Waals surface area contributed by atoms with Crippen molar-refractivity contribution in [3.05, 3.63) is 87.3 Å². The molecule has 0 fully saturated rings. The molecule has 142 valence electrons. The van der Waals surface area contributed by atoms with Gasteiger partial charge in [-0.25, -0.2) is 14.3 Å². The molecule has 7 nitrogen and oxygen atoms in total. The number of fused-ring (bicyclic) bond motifs is 1. The van der Waals surface area contributed by atoms with Gasteiger partial charge in [0.2, 0.25) is 0 Å². The minimum absolute atomic E-state index is 0.272. The van der Waals surface area contributed by atoms with Crippen LogP contribution in [0.5, 0.6) is 5.75 Å². The average molecular weight is 376 g/mol. The van der Waals surface area contributed by atoms with Crippen LogP contribution in [0.25, 0.3) is 16.9 Å². The van der Waals surface area contributed by atoms with Crippen molar-refractivity contribution in [1.82, 2.24) is 18.7 Å². The van der Waals surface area contributed by atoms with Crippen LogP contribution in [0.1, 0.15) is 12.5 Å². The van der Waals surface area contributed by atoms with Crippen LogP contribution >= 0.6 is 0 Å². The molecule has 0 radical (unpaired) electrons. The minimum Gasteiger partial charge on any atom is -0.497 e. The Balaban J connectivity index is 2.00. The Labute approximate surface area is 161 Å². The van der Waals surface area contributed by atoms with Gasteiger partial charge in [0, 0.05) is 19.2 Å². The molecule has 7 heteroatoms. The quantitative estimate of drug-likeness (QED) is 0.536. The van der Waals surface area contributed by atoms with Gasteiger partial charge < -0.3 is 9.30 Å². The smallest absolute Gasteiger partial charge is 0.337 e. The van der Waals surface area contributed by atoms with Crippen molar-refractivity contribution in [3.8, 4) is 11.4 Å². The predicted molar refractivity (Wildman–Crippen MR) is 107 cm³/mol. The van der Waals surface area contributed by atoms with Gasteiger partial charge in [-0.15, -0.1) is 0 Å². The molecular weight excluding hydrogens is 356 g/mol. The van der Waals surface area contributed by atoms with E-state index >= 15 is 0 Å². The Kier molecular flexibility index (Phi) is 4.57. The van der Waals surface area contributed by atoms with E-state index in [0.717, 1.165) is 5.56 Å². The van der Waals surface area contributed by atoms with Crippen molar-refractivity contribution < 1.29 is 4.74 Å². The number of rotatable bonds is 5. The first-order valence-electron chi connectivity index (χ1n) is 9.03. The number of aromatic nitrogens is 4. The lowest BCUT2D eigenvalue weighted by Crippen LogP contribution is -2.39. The van der Waals surface area contributed by atoms with Crippen LogP contribution in [0.3, 0.4) is 0 Å². The first-order chi connectivity index (χ1) is 13.6. The van der Waals surface area contributed by atoms with Crippen LogP contribution in [0.15, 0.2) is 70.5 Å². The molecule has 0 spiro atoms. The van der Waals surface area contributed by atoms with Crippen LogP contribution in [0.4, 0.5) is 0 Å². The number of imidazole rings is 1. The van der Waals surface area contributed by atoms with Gasteiger partial charge in [0.05, 0.1) is 19.1 Å². The third kappa shape index (κ3) is 2.90. The molecule has 4 rings (SSSR count). The topological polar surface area (TPSA) is 71.1 Å². The summed E-state index contributed by atoms with van der Waals surface area (Å²) in [6.07, 6.45) is 1.61. The highest BCUT2D eigenvalue weighted by Gasteiger charge is 2.18. The van der Waals surface area contributed by atoms with Crippen molar-refractivity contribution >= 4 is 11.2 Å². The Bertz CT molecular complexity index is 1250. The van der Waals surface area contributed by atoms with E-state index in [1.54, 1.807) is 49.2 Å². The second kappa shape index (κ2) is 7.19. The summed E-state index contributed by atoms with van der Waals surface area (Å²) >= 11 is 0. The fourth-order valence-corrected chi connectivity index (χ4v) is 3.34. The molecule has 0 amide bonds. The van der Waals surface area contributed by atoms with E-state index in [4.69, 9.17) is 4.74 Å². The third-order valence-electron chi connectivity index (χ3n) is 4.72.